The van der Waals surface area contributed by atoms with Gasteiger partial charge in [0.25, 0.3) is 5.91 Å². The number of amides is 1. The van der Waals surface area contributed by atoms with E-state index >= 15 is 0 Å². The van der Waals surface area contributed by atoms with E-state index in [0.29, 0.717) is 44.0 Å². The lowest BCUT2D eigenvalue weighted by Crippen LogP contribution is -2.42. The van der Waals surface area contributed by atoms with Crippen LogP contribution in [0.2, 0.25) is 15.1 Å². The number of carbonyl (C=O) groups is 2. The van der Waals surface area contributed by atoms with Crippen LogP contribution < -0.4 is 5.32 Å². The minimum atomic E-state index is -1.18. The Balaban J connectivity index is 1.79. The number of halogens is 4. The molecule has 0 aliphatic carbocycles. The molecule has 10 heteroatoms. The molecule has 190 valence electrons. The summed E-state index contributed by atoms with van der Waals surface area (Å²) in [6.07, 6.45) is 0.526. The van der Waals surface area contributed by atoms with Crippen LogP contribution in [0.25, 0.3) is 16.9 Å². The number of rotatable bonds is 8. The molecule has 0 saturated carbocycles. The quantitative estimate of drug-likeness (QED) is 0.217. The van der Waals surface area contributed by atoms with Crippen LogP contribution in [0.15, 0.2) is 71.2 Å². The number of nitrogens with one attached hydrogen (secondary N) is 1. The molecule has 6 nitrogen and oxygen atoms in total. The normalized spacial score (nSPS) is 11.8. The van der Waals surface area contributed by atoms with Crippen molar-refractivity contribution in [2.75, 3.05) is 0 Å². The third-order valence-electron chi connectivity index (χ3n) is 5.74. The van der Waals surface area contributed by atoms with E-state index in [4.69, 9.17) is 34.8 Å². The molecule has 1 aromatic heterocycles. The topological polar surface area (TPSA) is 84.2 Å². The van der Waals surface area contributed by atoms with E-state index < -0.39 is 17.9 Å². The SMILES string of the molecule is CCc1c(C(=O)N[C@@H](Cc2cccc(Cl)c2)C(=O)O)nn(-c2ccc(Cl)cc2Cl)c1-c1ccc(Br)cc1. The second-order valence-electron chi connectivity index (χ2n) is 8.24. The van der Waals surface area contributed by atoms with Crippen molar-refractivity contribution in [2.45, 2.75) is 25.8 Å². The van der Waals surface area contributed by atoms with Gasteiger partial charge >= 0.3 is 5.97 Å². The molecule has 1 atom stereocenters. The zero-order valence-corrected chi connectivity index (χ0v) is 23.4. The van der Waals surface area contributed by atoms with E-state index in [1.807, 2.05) is 31.2 Å². The summed E-state index contributed by atoms with van der Waals surface area (Å²) in [5.41, 5.74) is 3.47. The smallest absolute Gasteiger partial charge is 0.326 e. The predicted molar refractivity (Wildman–Crippen MR) is 150 cm³/mol. The molecule has 0 fully saturated rings. The fourth-order valence-corrected chi connectivity index (χ4v) is 4.99. The monoisotopic (exact) mass is 619 g/mol. The van der Waals surface area contributed by atoms with Gasteiger partial charge in [0.05, 0.1) is 16.4 Å². The first-order valence-corrected chi connectivity index (χ1v) is 13.2. The maximum atomic E-state index is 13.5. The highest BCUT2D eigenvalue weighted by Gasteiger charge is 2.28. The average Bonchev–Trinajstić information content (AvgIpc) is 3.23. The highest BCUT2D eigenvalue weighted by atomic mass is 79.9. The summed E-state index contributed by atoms with van der Waals surface area (Å²) in [4.78, 5) is 25.5. The lowest BCUT2D eigenvalue weighted by molar-refractivity contribution is -0.139. The molecule has 0 spiro atoms. The van der Waals surface area contributed by atoms with Gasteiger partial charge < -0.3 is 10.4 Å². The summed E-state index contributed by atoms with van der Waals surface area (Å²) in [7, 11) is 0. The van der Waals surface area contributed by atoms with Gasteiger partial charge in [0.1, 0.15) is 6.04 Å². The van der Waals surface area contributed by atoms with Crippen molar-refractivity contribution in [3.05, 3.63) is 103 Å². The molecule has 37 heavy (non-hydrogen) atoms. The molecule has 0 aliphatic heterocycles. The second-order valence-corrected chi connectivity index (χ2v) is 10.4. The van der Waals surface area contributed by atoms with Gasteiger partial charge in [-0.3, -0.25) is 4.79 Å². The van der Waals surface area contributed by atoms with E-state index in [-0.39, 0.29) is 12.1 Å². The number of benzene rings is 3. The standard InChI is InChI=1S/C27H21BrCl3N3O3/c1-2-20-24(26(35)32-22(27(36)37)13-15-4-3-5-18(29)12-15)33-34(23-11-10-19(30)14-21(23)31)25(20)16-6-8-17(28)9-7-16/h3-12,14,22H,2,13H2,1H3,(H,32,35)(H,36,37)/t22-/m0/s1. The molecule has 0 radical (unpaired) electrons. The van der Waals surface area contributed by atoms with E-state index in [9.17, 15) is 14.7 Å². The third-order valence-corrected chi connectivity index (χ3v) is 7.04. The molecule has 0 bridgehead atoms. The number of carbonyl (C=O) groups excluding carboxylic acids is 1. The van der Waals surface area contributed by atoms with Gasteiger partial charge in [-0.25, -0.2) is 9.48 Å². The number of carboxylic acids is 1. The highest BCUT2D eigenvalue weighted by Crippen LogP contribution is 2.34. The van der Waals surface area contributed by atoms with Crippen LogP contribution in [0, 0.1) is 0 Å². The molecule has 2 N–H and O–H groups in total. The first-order valence-electron chi connectivity index (χ1n) is 11.3. The Morgan fingerprint density at radius 3 is 2.35 bits per heavy atom. The Morgan fingerprint density at radius 2 is 1.73 bits per heavy atom. The van der Waals surface area contributed by atoms with Crippen molar-refractivity contribution in [2.24, 2.45) is 0 Å². The molecule has 0 saturated heterocycles. The Kier molecular flexibility index (Phi) is 8.60. The minimum Gasteiger partial charge on any atom is -0.480 e. The number of aromatic nitrogens is 2. The lowest BCUT2D eigenvalue weighted by atomic mass is 10.0. The lowest BCUT2D eigenvalue weighted by Gasteiger charge is -2.14. The Hall–Kier alpha value is -2.84. The van der Waals surface area contributed by atoms with Crippen LogP contribution in [0.4, 0.5) is 0 Å². The third kappa shape index (κ3) is 6.18. The number of aliphatic carboxylic acids is 1. The van der Waals surface area contributed by atoms with Crippen LogP contribution in [0.5, 0.6) is 0 Å². The number of nitrogens with zero attached hydrogens (tertiary/aromatic N) is 2. The van der Waals surface area contributed by atoms with E-state index in [1.165, 1.54) is 0 Å². The second kappa shape index (κ2) is 11.7. The maximum Gasteiger partial charge on any atom is 0.326 e. The Bertz CT molecular complexity index is 1470. The fourth-order valence-electron chi connectivity index (χ4n) is 4.03. The Labute approximate surface area is 237 Å². The van der Waals surface area contributed by atoms with Crippen molar-refractivity contribution in [1.29, 1.82) is 0 Å². The summed E-state index contributed by atoms with van der Waals surface area (Å²) in [6.45, 7) is 1.91. The summed E-state index contributed by atoms with van der Waals surface area (Å²) in [6, 6.07) is 18.3. The molecular formula is C27H21BrCl3N3O3. The van der Waals surface area contributed by atoms with Gasteiger partial charge in [-0.15, -0.1) is 0 Å². The molecular weight excluding hydrogens is 601 g/mol. The summed E-state index contributed by atoms with van der Waals surface area (Å²) < 4.78 is 2.50. The van der Waals surface area contributed by atoms with Crippen LogP contribution in [-0.4, -0.2) is 32.8 Å². The van der Waals surface area contributed by atoms with Crippen LogP contribution >= 0.6 is 50.7 Å². The summed E-state index contributed by atoms with van der Waals surface area (Å²) in [5.74, 6) is -1.77. The molecule has 3 aromatic carbocycles. The predicted octanol–water partition coefficient (Wildman–Crippen LogP) is 7.25. The average molecular weight is 622 g/mol. The maximum absolute atomic E-state index is 13.5. The van der Waals surface area contributed by atoms with Crippen LogP contribution in [0.1, 0.15) is 28.5 Å². The Morgan fingerprint density at radius 1 is 1.03 bits per heavy atom. The van der Waals surface area contributed by atoms with Crippen molar-refractivity contribution < 1.29 is 14.7 Å². The zero-order valence-electron chi connectivity index (χ0n) is 19.5. The van der Waals surface area contributed by atoms with E-state index in [2.05, 4.69) is 26.3 Å². The van der Waals surface area contributed by atoms with Crippen molar-refractivity contribution in [3.8, 4) is 16.9 Å². The molecule has 0 aliphatic rings. The minimum absolute atomic E-state index is 0.0619. The van der Waals surface area contributed by atoms with Gasteiger partial charge in [0.2, 0.25) is 0 Å². The summed E-state index contributed by atoms with van der Waals surface area (Å²) in [5, 5.41) is 18.4. The summed E-state index contributed by atoms with van der Waals surface area (Å²) >= 11 is 22.1. The van der Waals surface area contributed by atoms with Crippen molar-refractivity contribution in [3.63, 3.8) is 0 Å². The molecule has 0 unspecified atom stereocenters. The van der Waals surface area contributed by atoms with E-state index in [0.717, 1.165) is 10.0 Å². The molecule has 4 aromatic rings. The number of carboxylic acid groups (broad SMARTS) is 1. The van der Waals surface area contributed by atoms with Crippen molar-refractivity contribution >= 4 is 62.6 Å². The molecule has 1 amide bonds. The number of hydrogen-bond acceptors (Lipinski definition) is 3. The molecule has 1 heterocycles. The van der Waals surface area contributed by atoms with Gasteiger partial charge in [0.15, 0.2) is 5.69 Å². The first kappa shape index (κ1) is 27.2. The highest BCUT2D eigenvalue weighted by molar-refractivity contribution is 9.10. The van der Waals surface area contributed by atoms with Gasteiger partial charge in [-0.2, -0.15) is 5.10 Å². The largest absolute Gasteiger partial charge is 0.480 e. The van der Waals surface area contributed by atoms with Gasteiger partial charge in [0, 0.05) is 32.1 Å². The fraction of sp³-hybridized carbons (Fsp3) is 0.148. The van der Waals surface area contributed by atoms with Gasteiger partial charge in [-0.05, 0) is 54.4 Å². The zero-order chi connectivity index (χ0) is 26.7. The number of hydrogen-bond donors (Lipinski definition) is 2. The first-order chi connectivity index (χ1) is 17.7. The van der Waals surface area contributed by atoms with Gasteiger partial charge in [-0.1, -0.05) is 81.9 Å². The van der Waals surface area contributed by atoms with E-state index in [1.54, 1.807) is 47.1 Å². The molecule has 4 rings (SSSR count). The van der Waals surface area contributed by atoms with Crippen LogP contribution in [-0.2, 0) is 17.6 Å². The van der Waals surface area contributed by atoms with Crippen molar-refractivity contribution in [1.82, 2.24) is 15.1 Å². The van der Waals surface area contributed by atoms with Crippen LogP contribution in [0.3, 0.4) is 0 Å².